The van der Waals surface area contributed by atoms with E-state index in [4.69, 9.17) is 23.2 Å². The van der Waals surface area contributed by atoms with Crippen LogP contribution in [0, 0.1) is 0 Å². The van der Waals surface area contributed by atoms with Crippen LogP contribution in [0.3, 0.4) is 0 Å². The zero-order valence-corrected chi connectivity index (χ0v) is 7.08. The van der Waals surface area contributed by atoms with E-state index in [0.717, 1.165) is 0 Å². The van der Waals surface area contributed by atoms with Crippen LogP contribution in [0.15, 0.2) is 12.2 Å². The van der Waals surface area contributed by atoms with Crippen LogP contribution in [0.4, 0.5) is 0 Å². The molecule has 0 bridgehead atoms. The van der Waals surface area contributed by atoms with Crippen LogP contribution < -0.4 is 0 Å². The summed E-state index contributed by atoms with van der Waals surface area (Å²) in [7, 11) is 1.26. The molecule has 0 rings (SSSR count). The molecule has 4 heteroatoms. The average Bonchev–Trinajstić information content (AvgIpc) is 2.00. The highest BCUT2D eigenvalue weighted by Crippen LogP contribution is 2.10. The lowest BCUT2D eigenvalue weighted by atomic mass is 10.2. The van der Waals surface area contributed by atoms with Gasteiger partial charge in [-0.25, -0.2) is 0 Å². The van der Waals surface area contributed by atoms with Crippen molar-refractivity contribution in [1.82, 2.24) is 0 Å². The van der Waals surface area contributed by atoms with Crippen molar-refractivity contribution < 1.29 is 9.53 Å². The van der Waals surface area contributed by atoms with Crippen LogP contribution >= 0.6 is 23.2 Å². The molecule has 10 heavy (non-hydrogen) atoms. The van der Waals surface area contributed by atoms with Crippen molar-refractivity contribution in [3.63, 3.8) is 0 Å². The van der Waals surface area contributed by atoms with Crippen LogP contribution in [-0.4, -0.2) is 24.3 Å². The number of hydrogen-bond donors (Lipinski definition) is 0. The normalized spacial score (nSPS) is 12.3. The third-order valence-corrected chi connectivity index (χ3v) is 1.77. The van der Waals surface area contributed by atoms with E-state index in [2.05, 4.69) is 11.3 Å². The van der Waals surface area contributed by atoms with Crippen LogP contribution in [0.1, 0.15) is 0 Å². The number of esters is 1. The SMILES string of the molecule is C=C(CCl)C(Cl)C(=O)OC. The van der Waals surface area contributed by atoms with Gasteiger partial charge in [0, 0.05) is 5.88 Å². The van der Waals surface area contributed by atoms with E-state index in [9.17, 15) is 4.79 Å². The van der Waals surface area contributed by atoms with Gasteiger partial charge in [0.1, 0.15) is 0 Å². The maximum absolute atomic E-state index is 10.6. The molecule has 0 N–H and O–H groups in total. The fraction of sp³-hybridized carbons (Fsp3) is 0.500. The van der Waals surface area contributed by atoms with E-state index in [-0.39, 0.29) is 5.88 Å². The van der Waals surface area contributed by atoms with Crippen LogP contribution in [0.25, 0.3) is 0 Å². The van der Waals surface area contributed by atoms with E-state index in [1.807, 2.05) is 0 Å². The van der Waals surface area contributed by atoms with Crippen molar-refractivity contribution in [3.05, 3.63) is 12.2 Å². The Labute approximate surface area is 69.8 Å². The first-order valence-electron chi connectivity index (χ1n) is 2.59. The van der Waals surface area contributed by atoms with Gasteiger partial charge in [0.05, 0.1) is 7.11 Å². The second kappa shape index (κ2) is 4.58. The second-order valence-electron chi connectivity index (χ2n) is 1.68. The van der Waals surface area contributed by atoms with Gasteiger partial charge in [0.2, 0.25) is 0 Å². The lowest BCUT2D eigenvalue weighted by Gasteiger charge is -2.06. The number of carbonyl (C=O) groups is 1. The quantitative estimate of drug-likeness (QED) is 0.377. The summed E-state index contributed by atoms with van der Waals surface area (Å²) in [5, 5.41) is -0.817. The van der Waals surface area contributed by atoms with Crippen molar-refractivity contribution >= 4 is 29.2 Å². The van der Waals surface area contributed by atoms with E-state index in [0.29, 0.717) is 5.57 Å². The summed E-state index contributed by atoms with van der Waals surface area (Å²) in [5.74, 6) is -0.351. The average molecular weight is 183 g/mol. The summed E-state index contributed by atoms with van der Waals surface area (Å²) in [6, 6.07) is 0. The van der Waals surface area contributed by atoms with E-state index >= 15 is 0 Å². The Kier molecular flexibility index (Phi) is 4.49. The first-order valence-corrected chi connectivity index (χ1v) is 3.56. The molecule has 0 aliphatic rings. The molecular formula is C6H8Cl2O2. The molecule has 58 valence electrons. The third-order valence-electron chi connectivity index (χ3n) is 0.938. The molecule has 0 fully saturated rings. The van der Waals surface area contributed by atoms with Crippen molar-refractivity contribution in [1.29, 1.82) is 0 Å². The number of hydrogen-bond acceptors (Lipinski definition) is 2. The maximum atomic E-state index is 10.6. The number of halogens is 2. The third kappa shape index (κ3) is 2.58. The van der Waals surface area contributed by atoms with Gasteiger partial charge in [0.25, 0.3) is 0 Å². The topological polar surface area (TPSA) is 26.3 Å². The Morgan fingerprint density at radius 1 is 1.80 bits per heavy atom. The summed E-state index contributed by atoms with van der Waals surface area (Å²) in [5.41, 5.74) is 0.454. The van der Waals surface area contributed by atoms with Gasteiger partial charge in [-0.05, 0) is 5.57 Å². The summed E-state index contributed by atoms with van der Waals surface area (Å²) in [6.45, 7) is 3.48. The van der Waals surface area contributed by atoms with Gasteiger partial charge >= 0.3 is 5.97 Å². The van der Waals surface area contributed by atoms with Crippen LogP contribution in [0.2, 0.25) is 0 Å². The standard InChI is InChI=1S/C6H8Cl2O2/c1-4(3-7)5(8)6(9)10-2/h5H,1,3H2,2H3. The zero-order valence-electron chi connectivity index (χ0n) is 5.56. The van der Waals surface area contributed by atoms with Gasteiger partial charge in [-0.1, -0.05) is 6.58 Å². The van der Waals surface area contributed by atoms with Crippen molar-refractivity contribution in [2.75, 3.05) is 13.0 Å². The molecule has 1 unspecified atom stereocenters. The molecular weight excluding hydrogens is 175 g/mol. The summed E-state index contributed by atoms with van der Waals surface area (Å²) >= 11 is 10.9. The van der Waals surface area contributed by atoms with Crippen molar-refractivity contribution in [2.24, 2.45) is 0 Å². The molecule has 0 aliphatic carbocycles. The molecule has 0 aromatic rings. The number of methoxy groups -OCH3 is 1. The molecule has 0 heterocycles. The highest BCUT2D eigenvalue weighted by atomic mass is 35.5. The fourth-order valence-corrected chi connectivity index (χ4v) is 0.737. The number of carbonyl (C=O) groups excluding carboxylic acids is 1. The molecule has 0 aromatic heterocycles. The minimum atomic E-state index is -0.817. The molecule has 0 saturated carbocycles. The van der Waals surface area contributed by atoms with Gasteiger partial charge in [-0.3, -0.25) is 4.79 Å². The van der Waals surface area contributed by atoms with Crippen LogP contribution in [-0.2, 0) is 9.53 Å². The Balaban J connectivity index is 3.94. The van der Waals surface area contributed by atoms with Gasteiger partial charge in [-0.15, -0.1) is 23.2 Å². The van der Waals surface area contributed by atoms with Crippen molar-refractivity contribution in [2.45, 2.75) is 5.38 Å². The molecule has 0 amide bonds. The summed E-state index contributed by atoms with van der Waals surface area (Å²) in [4.78, 5) is 10.6. The molecule has 0 saturated heterocycles. The Morgan fingerprint density at radius 3 is 2.60 bits per heavy atom. The highest BCUT2D eigenvalue weighted by Gasteiger charge is 2.17. The fourth-order valence-electron chi connectivity index (χ4n) is 0.338. The minimum absolute atomic E-state index is 0.170. The molecule has 0 aromatic carbocycles. The van der Waals surface area contributed by atoms with Crippen molar-refractivity contribution in [3.8, 4) is 0 Å². The first kappa shape index (κ1) is 9.79. The lowest BCUT2D eigenvalue weighted by Crippen LogP contribution is -2.18. The van der Waals surface area contributed by atoms with E-state index < -0.39 is 11.3 Å². The summed E-state index contributed by atoms with van der Waals surface area (Å²) < 4.78 is 4.34. The lowest BCUT2D eigenvalue weighted by molar-refractivity contribution is -0.139. The second-order valence-corrected chi connectivity index (χ2v) is 2.38. The predicted octanol–water partition coefficient (Wildman–Crippen LogP) is 1.56. The molecule has 0 spiro atoms. The molecule has 1 atom stereocenters. The Bertz CT molecular complexity index is 129. The number of alkyl halides is 2. The Morgan fingerprint density at radius 2 is 2.30 bits per heavy atom. The van der Waals surface area contributed by atoms with E-state index in [1.54, 1.807) is 0 Å². The van der Waals surface area contributed by atoms with Crippen LogP contribution in [0.5, 0.6) is 0 Å². The largest absolute Gasteiger partial charge is 0.468 e. The predicted molar refractivity (Wildman–Crippen MR) is 41.5 cm³/mol. The molecule has 0 aliphatic heterocycles. The van der Waals surface area contributed by atoms with Gasteiger partial charge in [0.15, 0.2) is 5.38 Å². The molecule has 0 radical (unpaired) electrons. The van der Waals surface area contributed by atoms with E-state index in [1.165, 1.54) is 7.11 Å². The zero-order chi connectivity index (χ0) is 8.15. The smallest absolute Gasteiger partial charge is 0.328 e. The van der Waals surface area contributed by atoms with Gasteiger partial charge < -0.3 is 4.74 Å². The maximum Gasteiger partial charge on any atom is 0.328 e. The number of rotatable bonds is 3. The monoisotopic (exact) mass is 182 g/mol. The minimum Gasteiger partial charge on any atom is -0.468 e. The highest BCUT2D eigenvalue weighted by molar-refractivity contribution is 6.33. The Hall–Kier alpha value is -0.210. The summed E-state index contributed by atoms with van der Waals surface area (Å²) in [6.07, 6.45) is 0. The molecule has 2 nitrogen and oxygen atoms in total. The number of ether oxygens (including phenoxy) is 1. The first-order chi connectivity index (χ1) is 4.63. The van der Waals surface area contributed by atoms with Gasteiger partial charge in [-0.2, -0.15) is 0 Å².